The fourth-order valence-electron chi connectivity index (χ4n) is 4.08. The fraction of sp³-hybridized carbons (Fsp3) is 0.435. The predicted octanol–water partition coefficient (Wildman–Crippen LogP) is 2.70. The zero-order valence-corrected chi connectivity index (χ0v) is 18.4. The number of nitrogens with one attached hydrogen (secondary N) is 1. The summed E-state index contributed by atoms with van der Waals surface area (Å²) in [6, 6.07) is 14.2. The average molecular weight is 445 g/mol. The van der Waals surface area contributed by atoms with E-state index in [4.69, 9.17) is 9.47 Å². The van der Waals surface area contributed by atoms with Gasteiger partial charge in [-0.2, -0.15) is 0 Å². The molecule has 0 unspecified atom stereocenters. The zero-order valence-electron chi connectivity index (χ0n) is 17.6. The molecule has 2 heterocycles. The lowest BCUT2D eigenvalue weighted by molar-refractivity contribution is -0.0956. The van der Waals surface area contributed by atoms with E-state index >= 15 is 0 Å². The summed E-state index contributed by atoms with van der Waals surface area (Å²) in [6.07, 6.45) is 1.46. The van der Waals surface area contributed by atoms with Crippen LogP contribution in [0.15, 0.2) is 53.4 Å². The van der Waals surface area contributed by atoms with Gasteiger partial charge in [-0.15, -0.1) is 0 Å². The Bertz CT molecular complexity index is 1010. The molecule has 7 nitrogen and oxygen atoms in total. The first-order chi connectivity index (χ1) is 14.9. The van der Waals surface area contributed by atoms with Crippen LogP contribution in [-0.2, 0) is 26.0 Å². The van der Waals surface area contributed by atoms with Crippen molar-refractivity contribution in [3.63, 3.8) is 0 Å². The summed E-state index contributed by atoms with van der Waals surface area (Å²) in [5.74, 6) is 0.147. The number of piperidine rings is 1. The maximum absolute atomic E-state index is 13.0. The predicted molar refractivity (Wildman–Crippen MR) is 116 cm³/mol. The maximum atomic E-state index is 13.0. The molecule has 2 aliphatic heterocycles. The minimum absolute atomic E-state index is 0.136. The number of likely N-dealkylation sites (tertiary alicyclic amines) is 1. The molecule has 0 aromatic heterocycles. The number of ether oxygens (including phenoxy) is 2. The number of rotatable bonds is 6. The average Bonchev–Trinajstić information content (AvgIpc) is 3.33. The minimum Gasteiger partial charge on any atom is -0.350 e. The Balaban J connectivity index is 1.43. The zero-order chi connectivity index (χ0) is 21.8. The van der Waals surface area contributed by atoms with Gasteiger partial charge in [-0.05, 0) is 43.0 Å². The summed E-state index contributed by atoms with van der Waals surface area (Å²) in [5, 5.41) is 0. The summed E-state index contributed by atoms with van der Waals surface area (Å²) >= 11 is 0. The van der Waals surface area contributed by atoms with Gasteiger partial charge in [0, 0.05) is 31.1 Å². The van der Waals surface area contributed by atoms with Crippen molar-refractivity contribution in [3.8, 4) is 0 Å². The normalized spacial score (nSPS) is 18.4. The molecule has 0 saturated carbocycles. The Labute approximate surface area is 183 Å². The Morgan fingerprint density at radius 1 is 1.06 bits per heavy atom. The van der Waals surface area contributed by atoms with Gasteiger partial charge in [0.2, 0.25) is 10.0 Å². The molecule has 1 N–H and O–H groups in total. The van der Waals surface area contributed by atoms with Gasteiger partial charge >= 0.3 is 0 Å². The highest BCUT2D eigenvalue weighted by molar-refractivity contribution is 7.89. The van der Waals surface area contributed by atoms with Gasteiger partial charge in [-0.25, -0.2) is 13.1 Å². The second kappa shape index (κ2) is 9.48. The van der Waals surface area contributed by atoms with Crippen LogP contribution in [0.25, 0.3) is 0 Å². The first kappa shape index (κ1) is 22.0. The fourth-order valence-corrected chi connectivity index (χ4v) is 5.37. The molecule has 2 aromatic rings. The second-order valence-electron chi connectivity index (χ2n) is 8.03. The third-order valence-corrected chi connectivity index (χ3v) is 7.44. The van der Waals surface area contributed by atoms with E-state index in [1.54, 1.807) is 24.0 Å². The van der Waals surface area contributed by atoms with Crippen LogP contribution in [0.3, 0.4) is 0 Å². The molecule has 2 fully saturated rings. The summed E-state index contributed by atoms with van der Waals surface area (Å²) in [7, 11) is -3.75. The number of hydrogen-bond donors (Lipinski definition) is 1. The summed E-state index contributed by atoms with van der Waals surface area (Å²) in [6.45, 7) is 4.40. The van der Waals surface area contributed by atoms with Gasteiger partial charge in [0.1, 0.15) is 0 Å². The monoisotopic (exact) mass is 444 g/mol. The third-order valence-electron chi connectivity index (χ3n) is 5.89. The van der Waals surface area contributed by atoms with Crippen molar-refractivity contribution in [3.05, 3.63) is 65.2 Å². The Hall–Kier alpha value is -2.26. The molecular formula is C23H28N2O5S. The number of hydrogen-bond acceptors (Lipinski definition) is 5. The molecular weight excluding hydrogens is 416 g/mol. The van der Waals surface area contributed by atoms with E-state index in [0.29, 0.717) is 43.3 Å². The Morgan fingerprint density at radius 2 is 1.74 bits per heavy atom. The summed E-state index contributed by atoms with van der Waals surface area (Å²) in [5.41, 5.74) is 1.86. The van der Waals surface area contributed by atoms with E-state index in [-0.39, 0.29) is 23.6 Å². The molecule has 0 spiro atoms. The van der Waals surface area contributed by atoms with Crippen molar-refractivity contribution in [1.29, 1.82) is 0 Å². The molecule has 2 saturated heterocycles. The van der Waals surface area contributed by atoms with Crippen LogP contribution in [-0.4, -0.2) is 51.8 Å². The van der Waals surface area contributed by atoms with Gasteiger partial charge in [-0.3, -0.25) is 4.79 Å². The molecule has 4 rings (SSSR count). The molecule has 2 aliphatic rings. The van der Waals surface area contributed by atoms with E-state index in [1.165, 1.54) is 6.07 Å². The van der Waals surface area contributed by atoms with Crippen molar-refractivity contribution >= 4 is 15.9 Å². The highest BCUT2D eigenvalue weighted by atomic mass is 32.2. The lowest BCUT2D eigenvalue weighted by Gasteiger charge is -2.34. The van der Waals surface area contributed by atoms with E-state index < -0.39 is 10.0 Å². The Kier molecular flexibility index (Phi) is 6.71. The number of aryl methyl sites for hydroxylation is 1. The third kappa shape index (κ3) is 5.15. The van der Waals surface area contributed by atoms with E-state index in [1.807, 2.05) is 30.3 Å². The number of amides is 1. The molecule has 0 atom stereocenters. The van der Waals surface area contributed by atoms with Gasteiger partial charge in [0.15, 0.2) is 6.29 Å². The molecule has 31 heavy (non-hydrogen) atoms. The smallest absolute Gasteiger partial charge is 0.253 e. The molecule has 0 radical (unpaired) electrons. The van der Waals surface area contributed by atoms with E-state index in [2.05, 4.69) is 4.72 Å². The Morgan fingerprint density at radius 3 is 2.42 bits per heavy atom. The largest absolute Gasteiger partial charge is 0.350 e. The molecule has 1 amide bonds. The standard InChI is InChI=1S/C23H28N2O5S/c1-17-7-8-20(15-21(17)31(27,28)24-16-18-5-3-2-4-6-18)22(26)25-11-9-19(10-12-25)23-29-13-14-30-23/h2-8,15,19,23-24H,9-14,16H2,1H3. The van der Waals surface area contributed by atoms with Gasteiger partial charge in [0.05, 0.1) is 18.1 Å². The molecule has 8 heteroatoms. The van der Waals surface area contributed by atoms with Crippen molar-refractivity contribution in [2.24, 2.45) is 5.92 Å². The SMILES string of the molecule is Cc1ccc(C(=O)N2CCC(C3OCCO3)CC2)cc1S(=O)(=O)NCc1ccccc1. The van der Waals surface area contributed by atoms with Gasteiger partial charge in [-0.1, -0.05) is 36.4 Å². The number of benzene rings is 2. The molecule has 0 bridgehead atoms. The van der Waals surface area contributed by atoms with Crippen LogP contribution < -0.4 is 4.72 Å². The van der Waals surface area contributed by atoms with Crippen LogP contribution in [0.5, 0.6) is 0 Å². The summed E-state index contributed by atoms with van der Waals surface area (Å²) < 4.78 is 39.6. The van der Waals surface area contributed by atoms with Gasteiger partial charge in [0.25, 0.3) is 5.91 Å². The van der Waals surface area contributed by atoms with Crippen molar-refractivity contribution in [2.75, 3.05) is 26.3 Å². The highest BCUT2D eigenvalue weighted by Gasteiger charge is 2.32. The van der Waals surface area contributed by atoms with Crippen molar-refractivity contribution in [1.82, 2.24) is 9.62 Å². The van der Waals surface area contributed by atoms with E-state index in [0.717, 1.165) is 18.4 Å². The lowest BCUT2D eigenvalue weighted by Crippen LogP contribution is -2.41. The highest BCUT2D eigenvalue weighted by Crippen LogP contribution is 2.27. The topological polar surface area (TPSA) is 84.9 Å². The minimum atomic E-state index is -3.75. The number of sulfonamides is 1. The van der Waals surface area contributed by atoms with Gasteiger partial charge < -0.3 is 14.4 Å². The first-order valence-electron chi connectivity index (χ1n) is 10.6. The lowest BCUT2D eigenvalue weighted by atomic mass is 9.95. The summed E-state index contributed by atoms with van der Waals surface area (Å²) in [4.78, 5) is 15.0. The quantitative estimate of drug-likeness (QED) is 0.741. The number of carbonyl (C=O) groups excluding carboxylic acids is 1. The van der Waals surface area contributed by atoms with Crippen LogP contribution >= 0.6 is 0 Å². The number of nitrogens with zero attached hydrogens (tertiary/aromatic N) is 1. The van der Waals surface area contributed by atoms with Crippen molar-refractivity contribution in [2.45, 2.75) is 37.5 Å². The van der Waals surface area contributed by atoms with Crippen LogP contribution in [0.4, 0.5) is 0 Å². The molecule has 0 aliphatic carbocycles. The molecule has 166 valence electrons. The van der Waals surface area contributed by atoms with Crippen LogP contribution in [0.1, 0.15) is 34.3 Å². The maximum Gasteiger partial charge on any atom is 0.253 e. The van der Waals surface area contributed by atoms with Crippen molar-refractivity contribution < 1.29 is 22.7 Å². The van der Waals surface area contributed by atoms with Crippen LogP contribution in [0.2, 0.25) is 0 Å². The number of carbonyl (C=O) groups is 1. The van der Waals surface area contributed by atoms with E-state index in [9.17, 15) is 13.2 Å². The van der Waals surface area contributed by atoms with Crippen LogP contribution in [0, 0.1) is 12.8 Å². The first-order valence-corrected chi connectivity index (χ1v) is 12.1. The second-order valence-corrected chi connectivity index (χ2v) is 9.77. The molecule has 2 aromatic carbocycles.